The number of hydrogen-bond acceptors (Lipinski definition) is 6. The minimum absolute atomic E-state index is 0.534. The molecule has 0 saturated heterocycles. The van der Waals surface area contributed by atoms with Crippen LogP contribution in [0.4, 0.5) is 34.1 Å². The Kier molecular flexibility index (Phi) is 10.5. The van der Waals surface area contributed by atoms with E-state index in [9.17, 15) is 0 Å². The summed E-state index contributed by atoms with van der Waals surface area (Å²) in [5.41, 5.74) is 13.7. The first kappa shape index (κ1) is 36.0. The van der Waals surface area contributed by atoms with Gasteiger partial charge in [0.25, 0.3) is 11.7 Å². The molecule has 0 saturated carbocycles. The van der Waals surface area contributed by atoms with Crippen LogP contribution in [-0.2, 0) is 11.3 Å². The van der Waals surface area contributed by atoms with E-state index in [0.717, 1.165) is 97.9 Å². The molecule has 0 N–H and O–H groups in total. The minimum Gasteiger partial charge on any atom is -0.380 e. The lowest BCUT2D eigenvalue weighted by atomic mass is 9.94. The third kappa shape index (κ3) is 7.26. The van der Waals surface area contributed by atoms with E-state index in [-0.39, 0.29) is 0 Å². The van der Waals surface area contributed by atoms with E-state index in [1.807, 2.05) is 28.9 Å². The Morgan fingerprint density at radius 2 is 1.00 bits per heavy atom. The minimum atomic E-state index is 0.534. The Hall–Kier alpha value is -6.68. The number of hydrogen-bond donors (Lipinski definition) is 0. The molecule has 0 unspecified atom stereocenters. The van der Waals surface area contributed by atoms with Crippen molar-refractivity contribution in [2.24, 2.45) is 0 Å². The van der Waals surface area contributed by atoms with Gasteiger partial charge in [-0.15, -0.1) is 5.10 Å². The van der Waals surface area contributed by atoms with Crippen LogP contribution >= 0.6 is 11.7 Å². The number of unbranched alkanes of at least 4 members (excludes halogenated alkanes) is 1. The Labute approximate surface area is 336 Å². The number of fused-ring (bicyclic) bond motifs is 2. The molecule has 0 aliphatic rings. The highest BCUT2D eigenvalue weighted by atomic mass is 32.1. The van der Waals surface area contributed by atoms with E-state index in [1.54, 1.807) is 0 Å². The van der Waals surface area contributed by atoms with E-state index in [2.05, 4.69) is 162 Å². The molecule has 8 nitrogen and oxygen atoms in total. The van der Waals surface area contributed by atoms with Gasteiger partial charge in [-0.1, -0.05) is 116 Å². The molecule has 280 valence electrons. The van der Waals surface area contributed by atoms with Gasteiger partial charge >= 0.3 is 0 Å². The van der Waals surface area contributed by atoms with Gasteiger partial charge in [-0.2, -0.15) is 8.75 Å². The lowest BCUT2D eigenvalue weighted by Crippen LogP contribution is -2.10. The third-order valence-corrected chi connectivity index (χ3v) is 10.7. The molecule has 0 atom stereocenters. The predicted molar refractivity (Wildman–Crippen MR) is 234 cm³/mol. The predicted octanol–water partition coefficient (Wildman–Crippen LogP) is 12.4. The van der Waals surface area contributed by atoms with E-state index in [0.29, 0.717) is 13.2 Å². The second kappa shape index (κ2) is 16.6. The summed E-state index contributed by atoms with van der Waals surface area (Å²) in [4.78, 5) is 4.53. The second-order valence-corrected chi connectivity index (χ2v) is 14.3. The average Bonchev–Trinajstić information content (AvgIpc) is 3.93. The lowest BCUT2D eigenvalue weighted by molar-refractivity contribution is 0.121. The molecule has 0 spiro atoms. The Morgan fingerprint density at radius 1 is 0.544 bits per heavy atom. The summed E-state index contributed by atoms with van der Waals surface area (Å²) in [5, 5.41) is 9.64. The van der Waals surface area contributed by atoms with Gasteiger partial charge in [-0.05, 0) is 90.3 Å². The fourth-order valence-corrected chi connectivity index (χ4v) is 7.99. The largest absolute Gasteiger partial charge is 0.380 e. The number of ether oxygens (including phenoxy) is 1. The zero-order valence-corrected chi connectivity index (χ0v) is 32.5. The standard InChI is InChI=1S/C48H41N7OS/c1-2-3-33-56-34-32-53-48-44(36-26-30-42(31-27-36)55(39-20-12-6-13-21-39)40-22-14-7-15-23-40)46-45(50-57-51-46)43(47(48)49-52-53)35-24-28-41(29-25-35)54(37-16-8-4-9-17-37)38-18-10-5-11-19-38/h4-31H,2-3,32-34H2,1H3. The molecule has 0 bridgehead atoms. The van der Waals surface area contributed by atoms with Crippen molar-refractivity contribution >= 4 is 67.9 Å². The first-order valence-electron chi connectivity index (χ1n) is 19.4. The number of benzene rings is 7. The molecule has 9 aromatic rings. The first-order chi connectivity index (χ1) is 28.3. The van der Waals surface area contributed by atoms with E-state index in [4.69, 9.17) is 23.8 Å². The molecule has 0 aliphatic carbocycles. The highest BCUT2D eigenvalue weighted by Crippen LogP contribution is 2.44. The van der Waals surface area contributed by atoms with Crippen molar-refractivity contribution in [3.63, 3.8) is 0 Å². The van der Waals surface area contributed by atoms with Crippen LogP contribution in [-0.4, -0.2) is 32.6 Å². The summed E-state index contributed by atoms with van der Waals surface area (Å²) in [6, 6.07) is 59.1. The zero-order chi connectivity index (χ0) is 38.4. The van der Waals surface area contributed by atoms with Crippen LogP contribution in [0.1, 0.15) is 19.8 Å². The highest BCUT2D eigenvalue weighted by molar-refractivity contribution is 7.00. The molecule has 0 aliphatic heterocycles. The quantitative estimate of drug-likeness (QED) is 0.0806. The van der Waals surface area contributed by atoms with Gasteiger partial charge in [0.2, 0.25) is 0 Å². The fraction of sp³-hybridized carbons (Fsp3) is 0.125. The van der Waals surface area contributed by atoms with Gasteiger partial charge < -0.3 is 14.5 Å². The third-order valence-electron chi connectivity index (χ3n) is 10.1. The summed E-state index contributed by atoms with van der Waals surface area (Å²) < 4.78 is 17.9. The van der Waals surface area contributed by atoms with Crippen LogP contribution in [0.5, 0.6) is 0 Å². The Bertz CT molecular complexity index is 2610. The van der Waals surface area contributed by atoms with Crippen LogP contribution in [0.3, 0.4) is 0 Å². The number of para-hydroxylation sites is 4. The summed E-state index contributed by atoms with van der Waals surface area (Å²) in [5.74, 6) is 0. The summed E-state index contributed by atoms with van der Waals surface area (Å²) >= 11 is 1.22. The van der Waals surface area contributed by atoms with Crippen LogP contribution in [0, 0.1) is 0 Å². The molecule has 0 radical (unpaired) electrons. The molecule has 9 rings (SSSR count). The van der Waals surface area contributed by atoms with Crippen molar-refractivity contribution in [3.8, 4) is 22.3 Å². The zero-order valence-electron chi connectivity index (χ0n) is 31.6. The van der Waals surface area contributed by atoms with Crippen LogP contribution < -0.4 is 14.2 Å². The molecule has 9 heteroatoms. The van der Waals surface area contributed by atoms with E-state index >= 15 is 0 Å². The van der Waals surface area contributed by atoms with Crippen molar-refractivity contribution < 1.29 is 4.74 Å². The summed E-state index contributed by atoms with van der Waals surface area (Å²) in [6.07, 6.45) is 2.11. The number of nitrogens with zero attached hydrogens (tertiary/aromatic N) is 7. The maximum absolute atomic E-state index is 6.04. The molecule has 0 amide bonds. The maximum Gasteiger partial charge on any atom is 0.279 e. The topological polar surface area (TPSA) is 73.4 Å². The molecule has 7 aromatic carbocycles. The first-order valence-corrected chi connectivity index (χ1v) is 20.1. The SMILES string of the molecule is CCCCOCCn1nnc2c(-c3ccc(N(c4ccccc4)c4ccccc4)cc3)c3[n-][s+]nc3c(-c3ccc(N(c4ccccc4)c4ccccc4)cc3)c21. The van der Waals surface area contributed by atoms with Crippen molar-refractivity contribution in [1.29, 1.82) is 0 Å². The number of aromatic nitrogens is 5. The van der Waals surface area contributed by atoms with Crippen molar-refractivity contribution in [3.05, 3.63) is 170 Å². The molecular weight excluding hydrogens is 723 g/mol. The molecule has 2 aromatic heterocycles. The monoisotopic (exact) mass is 763 g/mol. The average molecular weight is 764 g/mol. The van der Waals surface area contributed by atoms with Crippen LogP contribution in [0.15, 0.2) is 170 Å². The normalized spacial score (nSPS) is 11.3. The van der Waals surface area contributed by atoms with Gasteiger partial charge in [-0.3, -0.25) is 0 Å². The number of anilines is 6. The van der Waals surface area contributed by atoms with Crippen LogP contribution in [0.25, 0.3) is 44.3 Å². The van der Waals surface area contributed by atoms with Crippen molar-refractivity contribution in [2.45, 2.75) is 26.3 Å². The van der Waals surface area contributed by atoms with Gasteiger partial charge in [0, 0.05) is 62.9 Å². The van der Waals surface area contributed by atoms with Crippen molar-refractivity contribution in [1.82, 2.24) is 23.7 Å². The van der Waals surface area contributed by atoms with Gasteiger partial charge in [-0.25, -0.2) is 4.68 Å². The maximum atomic E-state index is 6.04. The second-order valence-electron chi connectivity index (χ2n) is 13.8. The van der Waals surface area contributed by atoms with E-state index in [1.165, 1.54) is 11.7 Å². The fourth-order valence-electron chi connectivity index (χ4n) is 7.43. The van der Waals surface area contributed by atoms with Gasteiger partial charge in [0.05, 0.1) is 18.7 Å². The van der Waals surface area contributed by atoms with Crippen molar-refractivity contribution in [2.75, 3.05) is 23.0 Å². The smallest absolute Gasteiger partial charge is 0.279 e. The van der Waals surface area contributed by atoms with Gasteiger partial charge in [0.1, 0.15) is 5.52 Å². The molecule has 0 fully saturated rings. The lowest BCUT2D eigenvalue weighted by Gasteiger charge is -2.26. The summed E-state index contributed by atoms with van der Waals surface area (Å²) in [7, 11) is 0. The highest BCUT2D eigenvalue weighted by Gasteiger charge is 2.24. The van der Waals surface area contributed by atoms with Gasteiger partial charge in [0.15, 0.2) is 0 Å². The molecular formula is C48H41N7OS. The molecule has 2 heterocycles. The van der Waals surface area contributed by atoms with Crippen LogP contribution in [0.2, 0.25) is 0 Å². The Morgan fingerprint density at radius 3 is 1.47 bits per heavy atom. The summed E-state index contributed by atoms with van der Waals surface area (Å²) in [6.45, 7) is 3.99. The molecule has 57 heavy (non-hydrogen) atoms. The number of rotatable bonds is 14. The Balaban J connectivity index is 1.16. The van der Waals surface area contributed by atoms with E-state index < -0.39 is 0 Å².